The maximum absolute atomic E-state index is 13.0. The van der Waals surface area contributed by atoms with Gasteiger partial charge >= 0.3 is 12.3 Å². The third kappa shape index (κ3) is 3.91. The van der Waals surface area contributed by atoms with Gasteiger partial charge in [-0.2, -0.15) is 22.0 Å². The van der Waals surface area contributed by atoms with E-state index in [9.17, 15) is 26.7 Å². The molecule has 1 aromatic carbocycles. The van der Waals surface area contributed by atoms with Gasteiger partial charge < -0.3 is 14.5 Å². The van der Waals surface area contributed by atoms with Crippen molar-refractivity contribution in [1.82, 2.24) is 20.5 Å². The van der Waals surface area contributed by atoms with Gasteiger partial charge in [-0.25, -0.2) is 4.98 Å². The number of aromatic nitrogens is 3. The number of hydrogen-bond donors (Lipinski definition) is 1. The average molecular weight is 508 g/mol. The predicted octanol–water partition coefficient (Wildman–Crippen LogP) is 5.12. The first-order chi connectivity index (χ1) is 16.8. The highest BCUT2D eigenvalue weighted by atomic mass is 19.4. The molecule has 4 aliphatic rings. The normalized spacial score (nSPS) is 29.3. The number of hydrogen-bond acceptors (Lipinski definition) is 6. The number of carbonyl (C=O) groups is 1. The fourth-order valence-corrected chi connectivity index (χ4v) is 5.65. The highest BCUT2D eigenvalue weighted by molar-refractivity contribution is 5.95. The van der Waals surface area contributed by atoms with Gasteiger partial charge in [0.1, 0.15) is 5.69 Å². The Morgan fingerprint density at radius 3 is 2.47 bits per heavy atom. The molecule has 2 heterocycles. The van der Waals surface area contributed by atoms with Crippen molar-refractivity contribution < 1.29 is 35.9 Å². The monoisotopic (exact) mass is 508 g/mol. The van der Waals surface area contributed by atoms with Gasteiger partial charge in [-0.1, -0.05) is 6.07 Å². The summed E-state index contributed by atoms with van der Waals surface area (Å²) in [5.74, 6) is 0.402. The van der Waals surface area contributed by atoms with Gasteiger partial charge in [0.15, 0.2) is 0 Å². The van der Waals surface area contributed by atoms with Gasteiger partial charge in [-0.15, -0.1) is 10.2 Å². The number of amides is 1. The Bertz CT molecular complexity index is 1340. The Balaban J connectivity index is 1.06. The topological polar surface area (TPSA) is 90.1 Å². The molecule has 0 aliphatic heterocycles. The van der Waals surface area contributed by atoms with Crippen LogP contribution in [0.4, 0.5) is 22.0 Å². The molecule has 4 saturated carbocycles. The molecule has 1 amide bonds. The molecule has 7 nitrogen and oxygen atoms in total. The Labute approximate surface area is 201 Å². The van der Waals surface area contributed by atoms with Crippen molar-refractivity contribution >= 4 is 16.8 Å². The lowest BCUT2D eigenvalue weighted by Crippen LogP contribution is -2.76. The van der Waals surface area contributed by atoms with Crippen molar-refractivity contribution in [1.29, 1.82) is 0 Å². The lowest BCUT2D eigenvalue weighted by atomic mass is 9.39. The summed E-state index contributed by atoms with van der Waals surface area (Å²) < 4.78 is 75.2. The maximum atomic E-state index is 13.0. The van der Waals surface area contributed by atoms with E-state index in [1.54, 1.807) is 0 Å². The van der Waals surface area contributed by atoms with Crippen molar-refractivity contribution in [2.75, 3.05) is 0 Å². The first-order valence-corrected chi connectivity index (χ1v) is 11.5. The molecule has 0 radical (unpaired) electrons. The van der Waals surface area contributed by atoms with Crippen LogP contribution in [-0.4, -0.2) is 38.8 Å². The molecule has 4 aliphatic carbocycles. The van der Waals surface area contributed by atoms with E-state index in [0.29, 0.717) is 61.7 Å². The van der Waals surface area contributed by atoms with Crippen LogP contribution in [0.15, 0.2) is 34.7 Å². The van der Waals surface area contributed by atoms with Gasteiger partial charge in [0, 0.05) is 23.8 Å². The third-order valence-corrected chi connectivity index (χ3v) is 7.37. The van der Waals surface area contributed by atoms with E-state index in [2.05, 4.69) is 25.2 Å². The minimum Gasteiger partial charge on any atom is -0.424 e. The van der Waals surface area contributed by atoms with Crippen molar-refractivity contribution in [2.45, 2.75) is 74.3 Å². The van der Waals surface area contributed by atoms with Crippen LogP contribution in [0.25, 0.3) is 10.9 Å². The second-order valence-electron chi connectivity index (χ2n) is 10.3. The summed E-state index contributed by atoms with van der Waals surface area (Å²) in [5, 5.41) is 11.5. The molecule has 1 N–H and O–H groups in total. The number of nitrogens with one attached hydrogen (secondary N) is 1. The molecule has 0 atom stereocenters. The highest BCUT2D eigenvalue weighted by Gasteiger charge is 2.72. The summed E-state index contributed by atoms with van der Waals surface area (Å²) in [6.45, 7) is 0.714. The van der Waals surface area contributed by atoms with Crippen LogP contribution in [0.5, 0.6) is 0 Å². The fourth-order valence-electron chi connectivity index (χ4n) is 5.65. The molecule has 0 spiro atoms. The lowest BCUT2D eigenvalue weighted by molar-refractivity contribution is -0.265. The van der Waals surface area contributed by atoms with Gasteiger partial charge in [-0.05, 0) is 56.4 Å². The Morgan fingerprint density at radius 1 is 1.08 bits per heavy atom. The maximum Gasteiger partial charge on any atom is 0.416 e. The highest BCUT2D eigenvalue weighted by Crippen LogP contribution is 2.67. The number of pyridine rings is 1. The van der Waals surface area contributed by atoms with Gasteiger partial charge in [0.2, 0.25) is 11.8 Å². The number of carbonyl (C=O) groups excluding carboxylic acids is 1. The van der Waals surface area contributed by atoms with Gasteiger partial charge in [0.05, 0.1) is 22.6 Å². The van der Waals surface area contributed by atoms with Gasteiger partial charge in [-0.3, -0.25) is 4.79 Å². The molecule has 0 unspecified atom stereocenters. The Hall–Kier alpha value is -3.15. The smallest absolute Gasteiger partial charge is 0.416 e. The molecule has 0 saturated heterocycles. The number of rotatable bonds is 6. The standard InChI is InChI=1S/C24H21F5N4O3/c1-21(25,26)36-15-7-13(8-15)19-32-33-20(35-19)22-9-23(10-22,11-22)31-18(34)17-4-2-12-6-14(24(27,28)29)3-5-16(12)30-17/h2-6,13,15H,7-11H2,1H3,(H,31,34). The van der Waals surface area contributed by atoms with E-state index < -0.39 is 35.4 Å². The molecule has 2 bridgehead atoms. The van der Waals surface area contributed by atoms with Crippen LogP contribution >= 0.6 is 0 Å². The zero-order chi connectivity index (χ0) is 25.5. The van der Waals surface area contributed by atoms with E-state index in [1.807, 2.05) is 0 Å². The number of benzene rings is 1. The van der Waals surface area contributed by atoms with E-state index in [-0.39, 0.29) is 17.0 Å². The minimum atomic E-state index is -4.45. The number of halogens is 5. The van der Waals surface area contributed by atoms with Crippen LogP contribution < -0.4 is 5.32 Å². The molecular formula is C24H21F5N4O3. The first kappa shape index (κ1) is 23.3. The molecule has 190 valence electrons. The number of nitrogens with zero attached hydrogens (tertiary/aromatic N) is 3. The van der Waals surface area contributed by atoms with Crippen LogP contribution in [0, 0.1) is 0 Å². The molecular weight excluding hydrogens is 487 g/mol. The summed E-state index contributed by atoms with van der Waals surface area (Å²) in [5.41, 5.74) is -1.07. The Kier molecular flexibility index (Phi) is 4.80. The van der Waals surface area contributed by atoms with Crippen LogP contribution in [-0.2, 0) is 16.3 Å². The van der Waals surface area contributed by atoms with Crippen LogP contribution in [0.1, 0.15) is 72.8 Å². The van der Waals surface area contributed by atoms with E-state index in [4.69, 9.17) is 4.42 Å². The summed E-state index contributed by atoms with van der Waals surface area (Å²) in [6.07, 6.45) is -5.50. The second kappa shape index (κ2) is 7.44. The molecule has 7 rings (SSSR count). The third-order valence-electron chi connectivity index (χ3n) is 7.37. The molecule has 2 aromatic heterocycles. The number of fused-ring (bicyclic) bond motifs is 1. The van der Waals surface area contributed by atoms with E-state index >= 15 is 0 Å². The number of alkyl halides is 5. The quantitative estimate of drug-likeness (QED) is 0.465. The number of ether oxygens (including phenoxy) is 1. The van der Waals surface area contributed by atoms with Crippen molar-refractivity contribution in [3.8, 4) is 0 Å². The first-order valence-electron chi connectivity index (χ1n) is 11.5. The van der Waals surface area contributed by atoms with Crippen molar-refractivity contribution in [3.05, 3.63) is 53.4 Å². The van der Waals surface area contributed by atoms with Crippen LogP contribution in [0.3, 0.4) is 0 Å². The molecule has 36 heavy (non-hydrogen) atoms. The summed E-state index contributed by atoms with van der Waals surface area (Å²) in [7, 11) is 0. The predicted molar refractivity (Wildman–Crippen MR) is 114 cm³/mol. The summed E-state index contributed by atoms with van der Waals surface area (Å²) in [4.78, 5) is 17.0. The van der Waals surface area contributed by atoms with Crippen molar-refractivity contribution in [3.63, 3.8) is 0 Å². The SMILES string of the molecule is CC(F)(F)OC1CC(c2nnc(C34CC(NC(=O)c5ccc6cc(C(F)(F)F)ccc6n5)(C3)C4)o2)C1. The summed E-state index contributed by atoms with van der Waals surface area (Å²) in [6, 6.07) is 6.06. The lowest BCUT2D eigenvalue weighted by Gasteiger charge is -2.68. The van der Waals surface area contributed by atoms with E-state index in [0.717, 1.165) is 12.1 Å². The molecule has 3 aromatic rings. The summed E-state index contributed by atoms with van der Waals surface area (Å²) >= 11 is 0. The van der Waals surface area contributed by atoms with Crippen molar-refractivity contribution in [2.24, 2.45) is 0 Å². The van der Waals surface area contributed by atoms with Crippen LogP contribution in [0.2, 0.25) is 0 Å². The zero-order valence-corrected chi connectivity index (χ0v) is 19.0. The zero-order valence-electron chi connectivity index (χ0n) is 19.0. The minimum absolute atomic E-state index is 0.106. The second-order valence-corrected chi connectivity index (χ2v) is 10.3. The molecule has 12 heteroatoms. The Morgan fingerprint density at radius 2 is 1.81 bits per heavy atom. The fraction of sp³-hybridized carbons (Fsp3) is 0.500. The molecule has 4 fully saturated rings. The van der Waals surface area contributed by atoms with Gasteiger partial charge in [0.25, 0.3) is 5.91 Å². The van der Waals surface area contributed by atoms with E-state index in [1.165, 1.54) is 18.2 Å². The average Bonchev–Trinajstić information content (AvgIpc) is 3.18. The largest absolute Gasteiger partial charge is 0.424 e.